The van der Waals surface area contributed by atoms with Crippen LogP contribution in [0, 0.1) is 10.1 Å². The molecular formula is C24H25N3O3. The predicted molar refractivity (Wildman–Crippen MR) is 115 cm³/mol. The summed E-state index contributed by atoms with van der Waals surface area (Å²) in [4.78, 5) is 26.7. The number of nitro benzene ring substituents is 1. The van der Waals surface area contributed by atoms with Crippen molar-refractivity contribution in [2.45, 2.75) is 38.3 Å². The molecule has 2 atom stereocenters. The SMILES string of the molecule is CCC(C(=O)N1CCCn2cccc2C1c1cccc([N+](=O)[O-])c1)c1ccccc1. The van der Waals surface area contributed by atoms with Crippen molar-refractivity contribution in [2.75, 3.05) is 6.54 Å². The maximum Gasteiger partial charge on any atom is 0.269 e. The Kier molecular flexibility index (Phi) is 5.65. The van der Waals surface area contributed by atoms with Gasteiger partial charge in [-0.25, -0.2) is 0 Å². The van der Waals surface area contributed by atoms with Crippen LogP contribution in [0.5, 0.6) is 0 Å². The number of aryl methyl sites for hydroxylation is 1. The molecule has 6 nitrogen and oxygen atoms in total. The molecule has 6 heteroatoms. The van der Waals surface area contributed by atoms with Gasteiger partial charge in [0.15, 0.2) is 0 Å². The molecule has 0 N–H and O–H groups in total. The Morgan fingerprint density at radius 1 is 1.10 bits per heavy atom. The first-order chi connectivity index (χ1) is 14.6. The summed E-state index contributed by atoms with van der Waals surface area (Å²) >= 11 is 0. The maximum absolute atomic E-state index is 13.8. The predicted octanol–water partition coefficient (Wildman–Crippen LogP) is 4.91. The molecule has 0 bridgehead atoms. The van der Waals surface area contributed by atoms with E-state index in [0.29, 0.717) is 13.0 Å². The van der Waals surface area contributed by atoms with Gasteiger partial charge in [-0.3, -0.25) is 14.9 Å². The molecule has 1 amide bonds. The summed E-state index contributed by atoms with van der Waals surface area (Å²) in [7, 11) is 0. The Bertz CT molecular complexity index is 1040. The molecule has 0 fully saturated rings. The number of amides is 1. The second-order valence-electron chi connectivity index (χ2n) is 7.64. The van der Waals surface area contributed by atoms with Gasteiger partial charge in [0.1, 0.15) is 0 Å². The van der Waals surface area contributed by atoms with Gasteiger partial charge in [-0.2, -0.15) is 0 Å². The third-order valence-electron chi connectivity index (χ3n) is 5.84. The van der Waals surface area contributed by atoms with E-state index in [1.54, 1.807) is 12.1 Å². The standard InChI is InChI=1S/C24H25N3O3/c1-2-21(18-9-4-3-5-10-18)24(28)26-16-8-15-25-14-7-13-22(25)23(26)19-11-6-12-20(17-19)27(29)30/h3-7,9-14,17,21,23H,2,8,15-16H2,1H3. The van der Waals surface area contributed by atoms with E-state index >= 15 is 0 Å². The van der Waals surface area contributed by atoms with Crippen LogP contribution < -0.4 is 0 Å². The van der Waals surface area contributed by atoms with Gasteiger partial charge in [-0.1, -0.05) is 49.4 Å². The average Bonchev–Trinajstić information content (AvgIpc) is 3.14. The molecule has 1 aliphatic heterocycles. The molecule has 2 heterocycles. The molecule has 154 valence electrons. The van der Waals surface area contributed by atoms with Crippen LogP contribution >= 0.6 is 0 Å². The van der Waals surface area contributed by atoms with Gasteiger partial charge >= 0.3 is 0 Å². The van der Waals surface area contributed by atoms with E-state index < -0.39 is 0 Å². The summed E-state index contributed by atoms with van der Waals surface area (Å²) in [6.45, 7) is 3.45. The minimum absolute atomic E-state index is 0.0392. The van der Waals surface area contributed by atoms with Crippen LogP contribution in [-0.2, 0) is 11.3 Å². The van der Waals surface area contributed by atoms with Crippen molar-refractivity contribution in [2.24, 2.45) is 0 Å². The number of hydrogen-bond donors (Lipinski definition) is 0. The molecule has 1 aliphatic rings. The lowest BCUT2D eigenvalue weighted by atomic mass is 9.92. The lowest BCUT2D eigenvalue weighted by Crippen LogP contribution is -2.39. The number of fused-ring (bicyclic) bond motifs is 1. The smallest absolute Gasteiger partial charge is 0.269 e. The molecule has 0 saturated carbocycles. The van der Waals surface area contributed by atoms with Gasteiger partial charge in [0.05, 0.1) is 16.9 Å². The Morgan fingerprint density at radius 3 is 2.63 bits per heavy atom. The van der Waals surface area contributed by atoms with Gasteiger partial charge in [0.25, 0.3) is 5.69 Å². The van der Waals surface area contributed by atoms with E-state index in [4.69, 9.17) is 0 Å². The van der Waals surface area contributed by atoms with Crippen LogP contribution in [0.3, 0.4) is 0 Å². The van der Waals surface area contributed by atoms with Gasteiger partial charge < -0.3 is 9.47 Å². The van der Waals surface area contributed by atoms with E-state index in [1.165, 1.54) is 6.07 Å². The van der Waals surface area contributed by atoms with Crippen LogP contribution in [0.15, 0.2) is 72.9 Å². The van der Waals surface area contributed by atoms with E-state index in [9.17, 15) is 14.9 Å². The molecule has 0 spiro atoms. The minimum atomic E-state index is -0.385. The zero-order valence-electron chi connectivity index (χ0n) is 17.0. The van der Waals surface area contributed by atoms with E-state index in [-0.39, 0.29) is 28.5 Å². The molecule has 2 unspecified atom stereocenters. The molecule has 0 radical (unpaired) electrons. The van der Waals surface area contributed by atoms with Crippen molar-refractivity contribution in [3.63, 3.8) is 0 Å². The fourth-order valence-corrected chi connectivity index (χ4v) is 4.41. The molecule has 4 rings (SSSR count). The third kappa shape index (κ3) is 3.73. The fourth-order valence-electron chi connectivity index (χ4n) is 4.41. The number of nitro groups is 1. The Hall–Kier alpha value is -3.41. The number of rotatable bonds is 5. The number of non-ortho nitro benzene ring substituents is 1. The summed E-state index contributed by atoms with van der Waals surface area (Å²) < 4.78 is 2.15. The first-order valence-corrected chi connectivity index (χ1v) is 10.3. The lowest BCUT2D eigenvalue weighted by Gasteiger charge is -2.33. The molecule has 3 aromatic rings. The van der Waals surface area contributed by atoms with E-state index in [2.05, 4.69) is 4.57 Å². The monoisotopic (exact) mass is 403 g/mol. The number of benzene rings is 2. The van der Waals surface area contributed by atoms with Crippen molar-refractivity contribution < 1.29 is 9.72 Å². The number of carbonyl (C=O) groups is 1. The second-order valence-corrected chi connectivity index (χ2v) is 7.64. The maximum atomic E-state index is 13.8. The Labute approximate surface area is 175 Å². The van der Waals surface area contributed by atoms with Gasteiger partial charge in [-0.05, 0) is 36.1 Å². The van der Waals surface area contributed by atoms with Crippen LogP contribution in [-0.4, -0.2) is 26.8 Å². The summed E-state index contributed by atoms with van der Waals surface area (Å²) in [6.07, 6.45) is 3.55. The highest BCUT2D eigenvalue weighted by Crippen LogP contribution is 2.36. The topological polar surface area (TPSA) is 68.4 Å². The first-order valence-electron chi connectivity index (χ1n) is 10.3. The summed E-state index contributed by atoms with van der Waals surface area (Å²) in [5, 5.41) is 11.4. The van der Waals surface area contributed by atoms with E-state index in [0.717, 1.165) is 29.8 Å². The van der Waals surface area contributed by atoms with Gasteiger partial charge in [0.2, 0.25) is 5.91 Å². The van der Waals surface area contributed by atoms with Crippen LogP contribution in [0.1, 0.15) is 48.5 Å². The molecule has 2 aromatic carbocycles. The zero-order chi connectivity index (χ0) is 21.1. The minimum Gasteiger partial charge on any atom is -0.349 e. The molecule has 1 aromatic heterocycles. The summed E-state index contributed by atoms with van der Waals surface area (Å²) in [6, 6.07) is 20.1. The average molecular weight is 403 g/mol. The quantitative estimate of drug-likeness (QED) is 0.449. The molecule has 30 heavy (non-hydrogen) atoms. The number of hydrogen-bond acceptors (Lipinski definition) is 3. The van der Waals surface area contributed by atoms with Crippen molar-refractivity contribution in [3.8, 4) is 0 Å². The van der Waals surface area contributed by atoms with Crippen molar-refractivity contribution >= 4 is 11.6 Å². The molecular weight excluding hydrogens is 378 g/mol. The summed E-state index contributed by atoms with van der Waals surface area (Å²) in [5.41, 5.74) is 2.80. The first kappa shape index (κ1) is 19.9. The van der Waals surface area contributed by atoms with Crippen LogP contribution in [0.4, 0.5) is 5.69 Å². The number of aromatic nitrogens is 1. The zero-order valence-corrected chi connectivity index (χ0v) is 17.0. The largest absolute Gasteiger partial charge is 0.349 e. The van der Waals surface area contributed by atoms with Crippen LogP contribution in [0.2, 0.25) is 0 Å². The van der Waals surface area contributed by atoms with Crippen molar-refractivity contribution in [1.82, 2.24) is 9.47 Å². The molecule has 0 aliphatic carbocycles. The highest BCUT2D eigenvalue weighted by atomic mass is 16.6. The van der Waals surface area contributed by atoms with Crippen molar-refractivity contribution in [3.05, 3.63) is 99.9 Å². The Balaban J connectivity index is 1.79. The molecule has 0 saturated heterocycles. The van der Waals surface area contributed by atoms with Crippen LogP contribution in [0.25, 0.3) is 0 Å². The highest BCUT2D eigenvalue weighted by Gasteiger charge is 2.34. The normalized spacial score (nSPS) is 17.1. The van der Waals surface area contributed by atoms with Gasteiger partial charge in [0, 0.05) is 37.1 Å². The highest BCUT2D eigenvalue weighted by molar-refractivity contribution is 5.84. The van der Waals surface area contributed by atoms with Crippen molar-refractivity contribution in [1.29, 1.82) is 0 Å². The third-order valence-corrected chi connectivity index (χ3v) is 5.84. The number of nitrogens with zero attached hydrogens (tertiary/aromatic N) is 3. The summed E-state index contributed by atoms with van der Waals surface area (Å²) in [5.74, 6) is -0.177. The lowest BCUT2D eigenvalue weighted by molar-refractivity contribution is -0.384. The second kappa shape index (κ2) is 8.53. The fraction of sp³-hybridized carbons (Fsp3) is 0.292. The Morgan fingerprint density at radius 2 is 1.90 bits per heavy atom. The van der Waals surface area contributed by atoms with Gasteiger partial charge in [-0.15, -0.1) is 0 Å². The van der Waals surface area contributed by atoms with E-state index in [1.807, 2.05) is 66.6 Å². The number of carbonyl (C=O) groups excluding carboxylic acids is 1.